The van der Waals surface area contributed by atoms with Crippen molar-refractivity contribution in [1.29, 1.82) is 0 Å². The smallest absolute Gasteiger partial charge is 0.140 e. The van der Waals surface area contributed by atoms with Crippen molar-refractivity contribution in [3.8, 4) is 0 Å². The summed E-state index contributed by atoms with van der Waals surface area (Å²) < 4.78 is 0. The molecule has 1 unspecified atom stereocenters. The van der Waals surface area contributed by atoms with Crippen LogP contribution >= 0.6 is 0 Å². The fourth-order valence-electron chi connectivity index (χ4n) is 1.85. The highest BCUT2D eigenvalue weighted by Gasteiger charge is 2.25. The van der Waals surface area contributed by atoms with Gasteiger partial charge in [0.1, 0.15) is 5.78 Å². The highest BCUT2D eigenvalue weighted by atomic mass is 16.1. The summed E-state index contributed by atoms with van der Waals surface area (Å²) in [5.74, 6) is 0.618. The molecule has 0 N–H and O–H groups in total. The summed E-state index contributed by atoms with van der Waals surface area (Å²) in [6.45, 7) is 4.00. The van der Waals surface area contributed by atoms with Crippen LogP contribution in [0.15, 0.2) is 30.3 Å². The molecule has 1 aromatic rings. The van der Waals surface area contributed by atoms with E-state index in [-0.39, 0.29) is 5.92 Å². The molecule has 1 aliphatic rings. The van der Waals surface area contributed by atoms with E-state index in [0.717, 1.165) is 19.3 Å². The van der Waals surface area contributed by atoms with Crippen molar-refractivity contribution in [3.63, 3.8) is 0 Å². The average molecular weight is 190 g/mol. The van der Waals surface area contributed by atoms with E-state index in [4.69, 9.17) is 0 Å². The zero-order valence-electron chi connectivity index (χ0n) is 8.99. The molecule has 2 rings (SSSR count). The average Bonchev–Trinajstić information content (AvgIpc) is 2.69. The summed E-state index contributed by atoms with van der Waals surface area (Å²) in [6.07, 6.45) is 2.89. The van der Waals surface area contributed by atoms with Crippen molar-refractivity contribution in [2.45, 2.75) is 39.0 Å². The second-order valence-electron chi connectivity index (χ2n) is 3.32. The van der Waals surface area contributed by atoms with Crippen molar-refractivity contribution in [3.05, 3.63) is 35.9 Å². The molecule has 1 aliphatic carbocycles. The second kappa shape index (κ2) is 5.58. The van der Waals surface area contributed by atoms with Crippen LogP contribution < -0.4 is 0 Å². The van der Waals surface area contributed by atoms with Crippen LogP contribution in [-0.2, 0) is 4.79 Å². The van der Waals surface area contributed by atoms with Gasteiger partial charge < -0.3 is 0 Å². The van der Waals surface area contributed by atoms with Gasteiger partial charge in [-0.2, -0.15) is 0 Å². The van der Waals surface area contributed by atoms with E-state index in [9.17, 15) is 4.79 Å². The van der Waals surface area contributed by atoms with Crippen molar-refractivity contribution in [2.24, 2.45) is 0 Å². The monoisotopic (exact) mass is 190 g/mol. The van der Waals surface area contributed by atoms with E-state index in [1.807, 2.05) is 44.2 Å². The van der Waals surface area contributed by atoms with Gasteiger partial charge in [0, 0.05) is 12.3 Å². The second-order valence-corrected chi connectivity index (χ2v) is 3.32. The molecule has 14 heavy (non-hydrogen) atoms. The third-order valence-electron chi connectivity index (χ3n) is 2.51. The number of benzene rings is 1. The lowest BCUT2D eigenvalue weighted by atomic mass is 9.97. The molecule has 1 heteroatoms. The van der Waals surface area contributed by atoms with Crippen molar-refractivity contribution < 1.29 is 4.79 Å². The Balaban J connectivity index is 0.000000461. The summed E-state index contributed by atoms with van der Waals surface area (Å²) in [6, 6.07) is 10.1. The summed E-state index contributed by atoms with van der Waals surface area (Å²) in [7, 11) is 0. The first kappa shape index (κ1) is 11.0. The molecule has 0 saturated heterocycles. The Morgan fingerprint density at radius 1 is 1.14 bits per heavy atom. The molecule has 0 radical (unpaired) electrons. The molecule has 1 fully saturated rings. The third kappa shape index (κ3) is 2.44. The Kier molecular flexibility index (Phi) is 4.37. The van der Waals surface area contributed by atoms with Gasteiger partial charge in [0.05, 0.1) is 0 Å². The normalized spacial score (nSPS) is 20.1. The number of hydrogen-bond acceptors (Lipinski definition) is 1. The van der Waals surface area contributed by atoms with Gasteiger partial charge in [0.15, 0.2) is 0 Å². The van der Waals surface area contributed by atoms with Gasteiger partial charge in [-0.05, 0) is 18.4 Å². The number of hydrogen-bond donors (Lipinski definition) is 0. The van der Waals surface area contributed by atoms with Gasteiger partial charge >= 0.3 is 0 Å². The predicted octanol–water partition coefficient (Wildman–Crippen LogP) is 3.55. The lowest BCUT2D eigenvalue weighted by Crippen LogP contribution is -2.03. The highest BCUT2D eigenvalue weighted by molar-refractivity contribution is 5.87. The summed E-state index contributed by atoms with van der Waals surface area (Å²) in [5, 5.41) is 0. The zero-order chi connectivity index (χ0) is 10.4. The highest BCUT2D eigenvalue weighted by Crippen LogP contribution is 2.30. The molecule has 0 spiro atoms. The van der Waals surface area contributed by atoms with Gasteiger partial charge in [-0.3, -0.25) is 4.79 Å². The van der Waals surface area contributed by atoms with Gasteiger partial charge in [0.2, 0.25) is 0 Å². The number of carbonyl (C=O) groups is 1. The summed E-state index contributed by atoms with van der Waals surface area (Å²) in [4.78, 5) is 11.4. The molecule has 0 amide bonds. The van der Waals surface area contributed by atoms with E-state index in [1.165, 1.54) is 5.56 Å². The standard InChI is InChI=1S/C11H12O.C2H6/c12-11-8-4-7-10(11)9-5-2-1-3-6-9;1-2/h1-3,5-6,10H,4,7-8H2;1-2H3. The summed E-state index contributed by atoms with van der Waals surface area (Å²) in [5.41, 5.74) is 1.19. The molecule has 0 heterocycles. The van der Waals surface area contributed by atoms with Crippen LogP contribution in [0.1, 0.15) is 44.6 Å². The van der Waals surface area contributed by atoms with Gasteiger partial charge in [-0.15, -0.1) is 0 Å². The molecule has 1 nitrogen and oxygen atoms in total. The summed E-state index contributed by atoms with van der Waals surface area (Å²) >= 11 is 0. The van der Waals surface area contributed by atoms with E-state index in [1.54, 1.807) is 0 Å². The van der Waals surface area contributed by atoms with E-state index < -0.39 is 0 Å². The molecule has 1 atom stereocenters. The van der Waals surface area contributed by atoms with Gasteiger partial charge in [0.25, 0.3) is 0 Å². The molecule has 0 aliphatic heterocycles. The van der Waals surface area contributed by atoms with Crippen LogP contribution in [0, 0.1) is 0 Å². The topological polar surface area (TPSA) is 17.1 Å². The quantitative estimate of drug-likeness (QED) is 0.662. The molecule has 1 saturated carbocycles. The van der Waals surface area contributed by atoms with E-state index in [0.29, 0.717) is 5.78 Å². The fraction of sp³-hybridized carbons (Fsp3) is 0.462. The van der Waals surface area contributed by atoms with Crippen LogP contribution in [0.2, 0.25) is 0 Å². The SMILES string of the molecule is CC.O=C1CCCC1c1ccccc1. The Hall–Kier alpha value is -1.11. The minimum atomic E-state index is 0.200. The first-order chi connectivity index (χ1) is 6.88. The minimum Gasteiger partial charge on any atom is -0.299 e. The first-order valence-corrected chi connectivity index (χ1v) is 5.45. The number of carbonyl (C=O) groups excluding carboxylic acids is 1. The lowest BCUT2D eigenvalue weighted by molar-refractivity contribution is -0.118. The maximum atomic E-state index is 11.4. The molecule has 0 bridgehead atoms. The number of ketones is 1. The van der Waals surface area contributed by atoms with E-state index >= 15 is 0 Å². The van der Waals surface area contributed by atoms with Crippen LogP contribution in [0.25, 0.3) is 0 Å². The Labute approximate surface area is 86.1 Å². The molecular formula is C13H18O. The van der Waals surface area contributed by atoms with E-state index in [2.05, 4.69) is 0 Å². The zero-order valence-corrected chi connectivity index (χ0v) is 8.99. The third-order valence-corrected chi connectivity index (χ3v) is 2.51. The van der Waals surface area contributed by atoms with Crippen molar-refractivity contribution in [1.82, 2.24) is 0 Å². The Morgan fingerprint density at radius 3 is 2.29 bits per heavy atom. The number of Topliss-reactive ketones (excluding diaryl/α,β-unsaturated/α-hetero) is 1. The van der Waals surface area contributed by atoms with Crippen LogP contribution in [0.3, 0.4) is 0 Å². The van der Waals surface area contributed by atoms with Crippen LogP contribution in [0.5, 0.6) is 0 Å². The largest absolute Gasteiger partial charge is 0.299 e. The maximum Gasteiger partial charge on any atom is 0.140 e. The molecule has 1 aromatic carbocycles. The lowest BCUT2D eigenvalue weighted by Gasteiger charge is -2.06. The molecule has 0 aromatic heterocycles. The van der Waals surface area contributed by atoms with Crippen molar-refractivity contribution >= 4 is 5.78 Å². The minimum absolute atomic E-state index is 0.200. The predicted molar refractivity (Wildman–Crippen MR) is 59.4 cm³/mol. The van der Waals surface area contributed by atoms with Crippen LogP contribution in [-0.4, -0.2) is 5.78 Å². The molecule has 76 valence electrons. The molecular weight excluding hydrogens is 172 g/mol. The van der Waals surface area contributed by atoms with Crippen molar-refractivity contribution in [2.75, 3.05) is 0 Å². The maximum absolute atomic E-state index is 11.4. The van der Waals surface area contributed by atoms with Crippen LogP contribution in [0.4, 0.5) is 0 Å². The Bertz CT molecular complexity index is 277. The van der Waals surface area contributed by atoms with Gasteiger partial charge in [-0.1, -0.05) is 44.2 Å². The Morgan fingerprint density at radius 2 is 1.79 bits per heavy atom. The van der Waals surface area contributed by atoms with Gasteiger partial charge in [-0.25, -0.2) is 0 Å². The first-order valence-electron chi connectivity index (χ1n) is 5.45. The number of rotatable bonds is 1. The fourth-order valence-corrected chi connectivity index (χ4v) is 1.85.